The molecule has 3 aromatic carbocycles. The summed E-state index contributed by atoms with van der Waals surface area (Å²) in [5.74, 6) is 1.82. The fraction of sp³-hybridized carbons (Fsp3) is 0.267. The summed E-state index contributed by atoms with van der Waals surface area (Å²) in [6.07, 6.45) is 0. The van der Waals surface area contributed by atoms with Crippen molar-refractivity contribution in [1.82, 2.24) is 20.4 Å². The maximum absolute atomic E-state index is 6.02. The van der Waals surface area contributed by atoms with E-state index in [0.717, 1.165) is 48.4 Å². The predicted molar refractivity (Wildman–Crippen MR) is 151 cm³/mol. The van der Waals surface area contributed by atoms with Crippen LogP contribution < -0.4 is 9.80 Å². The molecule has 0 N–H and O–H groups in total. The molecule has 5 aromatic rings. The molecule has 0 saturated heterocycles. The van der Waals surface area contributed by atoms with E-state index in [2.05, 4.69) is 82.2 Å². The number of rotatable bonds is 10. The molecule has 0 aliphatic heterocycles. The Balaban J connectivity index is 1.34. The van der Waals surface area contributed by atoms with E-state index in [-0.39, 0.29) is 0 Å². The Bertz CT molecular complexity index is 1360. The summed E-state index contributed by atoms with van der Waals surface area (Å²) in [5, 5.41) is 17.1. The second kappa shape index (κ2) is 11.3. The van der Waals surface area contributed by atoms with Crippen LogP contribution >= 0.6 is 0 Å². The maximum atomic E-state index is 6.02. The third kappa shape index (κ3) is 5.16. The first kappa shape index (κ1) is 25.2. The molecule has 2 aromatic heterocycles. The van der Waals surface area contributed by atoms with Gasteiger partial charge in [-0.2, -0.15) is 0 Å². The zero-order valence-electron chi connectivity index (χ0n) is 22.3. The summed E-state index contributed by atoms with van der Waals surface area (Å²) in [6.45, 7) is 12.4. The fourth-order valence-corrected chi connectivity index (χ4v) is 4.51. The lowest BCUT2D eigenvalue weighted by atomic mass is 10.1. The molecule has 0 aliphatic rings. The molecule has 0 amide bonds. The molecule has 8 nitrogen and oxygen atoms in total. The molecule has 2 heterocycles. The van der Waals surface area contributed by atoms with Crippen molar-refractivity contribution in [2.45, 2.75) is 27.7 Å². The van der Waals surface area contributed by atoms with Gasteiger partial charge in [-0.05, 0) is 94.4 Å². The van der Waals surface area contributed by atoms with Crippen molar-refractivity contribution in [3.8, 4) is 45.8 Å². The van der Waals surface area contributed by atoms with Crippen LogP contribution in [-0.4, -0.2) is 46.6 Å². The molecule has 0 unspecified atom stereocenters. The van der Waals surface area contributed by atoms with E-state index < -0.39 is 0 Å². The van der Waals surface area contributed by atoms with Gasteiger partial charge in [0.15, 0.2) is 0 Å². The Labute approximate surface area is 223 Å². The quantitative estimate of drug-likeness (QED) is 0.203. The van der Waals surface area contributed by atoms with E-state index >= 15 is 0 Å². The Kier molecular flexibility index (Phi) is 7.49. The third-order valence-electron chi connectivity index (χ3n) is 6.69. The number of hydrogen-bond donors (Lipinski definition) is 0. The molecule has 5 rings (SSSR count). The molecule has 0 atom stereocenters. The largest absolute Gasteiger partial charge is 0.416 e. The maximum Gasteiger partial charge on any atom is 0.248 e. The average Bonchev–Trinajstić information content (AvgIpc) is 3.66. The lowest BCUT2D eigenvalue weighted by Gasteiger charge is -2.20. The minimum Gasteiger partial charge on any atom is -0.416 e. The van der Waals surface area contributed by atoms with Crippen LogP contribution in [0.1, 0.15) is 27.7 Å². The summed E-state index contributed by atoms with van der Waals surface area (Å²) in [5.41, 5.74) is 5.66. The number of benzene rings is 3. The molecule has 0 aliphatic carbocycles. The molecule has 0 fully saturated rings. The van der Waals surface area contributed by atoms with Crippen molar-refractivity contribution >= 4 is 11.4 Å². The van der Waals surface area contributed by atoms with Gasteiger partial charge in [0.2, 0.25) is 23.6 Å². The second-order valence-corrected chi connectivity index (χ2v) is 8.84. The highest BCUT2D eigenvalue weighted by Gasteiger charge is 2.15. The molecule has 38 heavy (non-hydrogen) atoms. The molecule has 0 radical (unpaired) electrons. The van der Waals surface area contributed by atoms with Gasteiger partial charge in [-0.1, -0.05) is 6.07 Å². The van der Waals surface area contributed by atoms with Gasteiger partial charge in [0.1, 0.15) is 0 Å². The highest BCUT2D eigenvalue weighted by atomic mass is 16.4. The Morgan fingerprint density at radius 2 is 0.816 bits per heavy atom. The summed E-state index contributed by atoms with van der Waals surface area (Å²) in [6, 6.07) is 24.0. The number of hydrogen-bond acceptors (Lipinski definition) is 8. The van der Waals surface area contributed by atoms with Crippen LogP contribution in [0.3, 0.4) is 0 Å². The Morgan fingerprint density at radius 1 is 0.474 bits per heavy atom. The van der Waals surface area contributed by atoms with Crippen LogP contribution in [0.2, 0.25) is 0 Å². The first-order valence-corrected chi connectivity index (χ1v) is 13.1. The second-order valence-electron chi connectivity index (χ2n) is 8.84. The van der Waals surface area contributed by atoms with Crippen molar-refractivity contribution in [1.29, 1.82) is 0 Å². The fourth-order valence-electron chi connectivity index (χ4n) is 4.51. The highest BCUT2D eigenvalue weighted by Crippen LogP contribution is 2.30. The zero-order chi connectivity index (χ0) is 26.5. The van der Waals surface area contributed by atoms with Crippen molar-refractivity contribution in [2.24, 2.45) is 0 Å². The normalized spacial score (nSPS) is 11.1. The van der Waals surface area contributed by atoms with Crippen molar-refractivity contribution in [3.63, 3.8) is 0 Å². The van der Waals surface area contributed by atoms with Gasteiger partial charge in [-0.15, -0.1) is 20.4 Å². The van der Waals surface area contributed by atoms with Crippen LogP contribution in [0.5, 0.6) is 0 Å². The summed E-state index contributed by atoms with van der Waals surface area (Å²) in [4.78, 5) is 4.58. The van der Waals surface area contributed by atoms with E-state index in [1.807, 2.05) is 48.5 Å². The first-order chi connectivity index (χ1) is 18.6. The monoisotopic (exact) mass is 508 g/mol. The topological polar surface area (TPSA) is 84.3 Å². The van der Waals surface area contributed by atoms with E-state index in [0.29, 0.717) is 23.6 Å². The van der Waals surface area contributed by atoms with Crippen LogP contribution in [-0.2, 0) is 0 Å². The van der Waals surface area contributed by atoms with Crippen LogP contribution in [0.25, 0.3) is 45.8 Å². The third-order valence-corrected chi connectivity index (χ3v) is 6.69. The van der Waals surface area contributed by atoms with Gasteiger partial charge >= 0.3 is 0 Å². The summed E-state index contributed by atoms with van der Waals surface area (Å²) < 4.78 is 12.0. The molecular formula is C30H32N6O2. The first-order valence-electron chi connectivity index (χ1n) is 13.1. The van der Waals surface area contributed by atoms with Crippen molar-refractivity contribution in [2.75, 3.05) is 36.0 Å². The predicted octanol–water partition coefficient (Wildman–Crippen LogP) is 6.81. The SMILES string of the molecule is CCN(CC)c1ccc(-c2nnc(-c3cccc(-c4nnc(-c5ccc(N(CC)CC)cc5)o4)c3)o2)cc1. The van der Waals surface area contributed by atoms with Crippen LogP contribution in [0.15, 0.2) is 81.6 Å². The standard InChI is InChI=1S/C30H32N6O2/c1-5-35(6-2)25-16-12-21(13-17-25)27-31-33-29(37-27)23-10-9-11-24(20-23)30-34-32-28(38-30)22-14-18-26(19-15-22)36(7-3)8-4/h9-20H,5-8H2,1-4H3. The molecule has 0 saturated carbocycles. The molecule has 8 heteroatoms. The lowest BCUT2D eigenvalue weighted by Crippen LogP contribution is -2.21. The minimum absolute atomic E-state index is 0.432. The van der Waals surface area contributed by atoms with E-state index in [1.165, 1.54) is 11.4 Å². The Hall–Kier alpha value is -4.46. The van der Waals surface area contributed by atoms with Crippen LogP contribution in [0.4, 0.5) is 11.4 Å². The highest BCUT2D eigenvalue weighted by molar-refractivity contribution is 5.67. The van der Waals surface area contributed by atoms with Gasteiger partial charge in [-0.25, -0.2) is 0 Å². The minimum atomic E-state index is 0.432. The Morgan fingerprint density at radius 3 is 1.16 bits per heavy atom. The van der Waals surface area contributed by atoms with Crippen molar-refractivity contribution in [3.05, 3.63) is 72.8 Å². The lowest BCUT2D eigenvalue weighted by molar-refractivity contribution is 0.582. The number of aromatic nitrogens is 4. The molecular weight excluding hydrogens is 476 g/mol. The van der Waals surface area contributed by atoms with Gasteiger partial charge in [0.05, 0.1) is 0 Å². The number of anilines is 2. The summed E-state index contributed by atoms with van der Waals surface area (Å²) in [7, 11) is 0. The van der Waals surface area contributed by atoms with E-state index in [4.69, 9.17) is 8.83 Å². The molecule has 0 spiro atoms. The van der Waals surface area contributed by atoms with Crippen LogP contribution in [0, 0.1) is 0 Å². The van der Waals surface area contributed by atoms with Gasteiger partial charge < -0.3 is 18.6 Å². The van der Waals surface area contributed by atoms with E-state index in [9.17, 15) is 0 Å². The van der Waals surface area contributed by atoms with Crippen molar-refractivity contribution < 1.29 is 8.83 Å². The average molecular weight is 509 g/mol. The molecule has 194 valence electrons. The zero-order valence-corrected chi connectivity index (χ0v) is 22.3. The summed E-state index contributed by atoms with van der Waals surface area (Å²) >= 11 is 0. The van der Waals surface area contributed by atoms with Gasteiger partial charge in [0.25, 0.3) is 0 Å². The number of nitrogens with zero attached hydrogens (tertiary/aromatic N) is 6. The molecule has 0 bridgehead atoms. The van der Waals surface area contributed by atoms with E-state index in [1.54, 1.807) is 0 Å². The smallest absolute Gasteiger partial charge is 0.248 e. The van der Waals surface area contributed by atoms with Gasteiger partial charge in [-0.3, -0.25) is 0 Å². The van der Waals surface area contributed by atoms with Gasteiger partial charge in [0, 0.05) is 59.8 Å².